The van der Waals surface area contributed by atoms with Crippen LogP contribution in [0, 0.1) is 19.8 Å². The van der Waals surface area contributed by atoms with Gasteiger partial charge in [0.15, 0.2) is 0 Å². The van der Waals surface area contributed by atoms with Gasteiger partial charge in [0.05, 0.1) is 5.56 Å². The van der Waals surface area contributed by atoms with Crippen LogP contribution in [-0.4, -0.2) is 35.0 Å². The van der Waals surface area contributed by atoms with E-state index in [2.05, 4.69) is 32.0 Å². The Morgan fingerprint density at radius 1 is 1.04 bits per heavy atom. The molecular weight excluding hydrogens is 350 g/mol. The van der Waals surface area contributed by atoms with E-state index < -0.39 is 5.97 Å². The molecule has 1 aliphatic heterocycles. The summed E-state index contributed by atoms with van der Waals surface area (Å²) in [6.45, 7) is 5.73. The maximum absolute atomic E-state index is 12.6. The second-order valence-corrected chi connectivity index (χ2v) is 7.92. The molecule has 2 aromatic rings. The molecule has 0 spiro atoms. The first-order chi connectivity index (χ1) is 13.4. The van der Waals surface area contributed by atoms with Crippen molar-refractivity contribution >= 4 is 11.9 Å². The quantitative estimate of drug-likeness (QED) is 0.808. The zero-order valence-corrected chi connectivity index (χ0v) is 16.8. The molecule has 1 aliphatic rings. The lowest BCUT2D eigenvalue weighted by atomic mass is 9.88. The molecule has 0 aliphatic carbocycles. The van der Waals surface area contributed by atoms with Gasteiger partial charge in [0.2, 0.25) is 5.91 Å². The number of aromatic carboxylic acids is 1. The summed E-state index contributed by atoms with van der Waals surface area (Å²) in [7, 11) is 0. The summed E-state index contributed by atoms with van der Waals surface area (Å²) in [5.41, 5.74) is 5.05. The molecule has 1 N–H and O–H groups in total. The van der Waals surface area contributed by atoms with Crippen LogP contribution in [0.5, 0.6) is 0 Å². The Kier molecular flexibility index (Phi) is 6.50. The molecule has 4 nitrogen and oxygen atoms in total. The summed E-state index contributed by atoms with van der Waals surface area (Å²) < 4.78 is 0. The van der Waals surface area contributed by atoms with Gasteiger partial charge in [-0.3, -0.25) is 4.79 Å². The van der Waals surface area contributed by atoms with Crippen molar-refractivity contribution in [2.24, 2.45) is 5.92 Å². The SMILES string of the molecule is Cc1ccc(CCC(=O)N2CCC(Cc3ccccc3C(=O)O)CC2)c(C)c1. The zero-order chi connectivity index (χ0) is 20.1. The molecule has 0 unspecified atom stereocenters. The average molecular weight is 380 g/mol. The summed E-state index contributed by atoms with van der Waals surface area (Å²) in [5, 5.41) is 9.34. The number of carbonyl (C=O) groups excluding carboxylic acids is 1. The smallest absolute Gasteiger partial charge is 0.335 e. The monoisotopic (exact) mass is 379 g/mol. The van der Waals surface area contributed by atoms with Gasteiger partial charge in [0.1, 0.15) is 0 Å². The van der Waals surface area contributed by atoms with Crippen LogP contribution in [0.2, 0.25) is 0 Å². The number of nitrogens with zero attached hydrogens (tertiary/aromatic N) is 1. The first kappa shape index (κ1) is 20.1. The number of amides is 1. The van der Waals surface area contributed by atoms with Gasteiger partial charge in [-0.25, -0.2) is 4.79 Å². The number of carboxylic acids is 1. The number of rotatable bonds is 6. The topological polar surface area (TPSA) is 57.6 Å². The number of carboxylic acid groups (broad SMARTS) is 1. The van der Waals surface area contributed by atoms with Crippen LogP contribution in [0.15, 0.2) is 42.5 Å². The van der Waals surface area contributed by atoms with E-state index in [0.717, 1.165) is 44.3 Å². The van der Waals surface area contributed by atoms with E-state index in [9.17, 15) is 14.7 Å². The Morgan fingerprint density at radius 3 is 2.43 bits per heavy atom. The average Bonchev–Trinajstić information content (AvgIpc) is 2.68. The highest BCUT2D eigenvalue weighted by Crippen LogP contribution is 2.24. The fourth-order valence-corrected chi connectivity index (χ4v) is 4.13. The van der Waals surface area contributed by atoms with Crippen LogP contribution in [-0.2, 0) is 17.6 Å². The second-order valence-electron chi connectivity index (χ2n) is 7.92. The van der Waals surface area contributed by atoms with E-state index in [1.165, 1.54) is 16.7 Å². The van der Waals surface area contributed by atoms with Gasteiger partial charge >= 0.3 is 5.97 Å². The van der Waals surface area contributed by atoms with Crippen LogP contribution >= 0.6 is 0 Å². The van der Waals surface area contributed by atoms with Crippen molar-refractivity contribution in [3.8, 4) is 0 Å². The molecule has 0 atom stereocenters. The number of aryl methyl sites for hydroxylation is 3. The van der Waals surface area contributed by atoms with Gasteiger partial charge in [0, 0.05) is 19.5 Å². The molecule has 1 heterocycles. The third-order valence-electron chi connectivity index (χ3n) is 5.83. The van der Waals surface area contributed by atoms with Crippen molar-refractivity contribution < 1.29 is 14.7 Å². The van der Waals surface area contributed by atoms with Gasteiger partial charge in [0.25, 0.3) is 0 Å². The second kappa shape index (κ2) is 9.05. The summed E-state index contributed by atoms with van der Waals surface area (Å²) in [4.78, 5) is 26.0. The highest BCUT2D eigenvalue weighted by molar-refractivity contribution is 5.89. The summed E-state index contributed by atoms with van der Waals surface area (Å²) in [5.74, 6) is -0.206. The van der Waals surface area contributed by atoms with Gasteiger partial charge < -0.3 is 10.0 Å². The number of piperidine rings is 1. The molecule has 1 fully saturated rings. The van der Waals surface area contributed by atoms with Crippen LogP contribution in [0.4, 0.5) is 0 Å². The van der Waals surface area contributed by atoms with Crippen molar-refractivity contribution in [1.29, 1.82) is 0 Å². The van der Waals surface area contributed by atoms with E-state index in [1.54, 1.807) is 12.1 Å². The molecule has 4 heteroatoms. The standard InChI is InChI=1S/C24H29NO3/c1-17-7-8-20(18(2)15-17)9-10-23(26)25-13-11-19(12-14-25)16-21-5-3-4-6-22(21)24(27)28/h3-8,15,19H,9-14,16H2,1-2H3,(H,27,28). The van der Waals surface area contributed by atoms with Crippen LogP contribution in [0.25, 0.3) is 0 Å². The molecule has 0 aromatic heterocycles. The van der Waals surface area contributed by atoms with E-state index in [4.69, 9.17) is 0 Å². The molecular formula is C24H29NO3. The Balaban J connectivity index is 1.50. The number of hydrogen-bond donors (Lipinski definition) is 1. The van der Waals surface area contributed by atoms with E-state index in [0.29, 0.717) is 17.9 Å². The normalized spacial score (nSPS) is 14.9. The molecule has 0 saturated carbocycles. The predicted octanol–water partition coefficient (Wildman–Crippen LogP) is 4.42. The maximum atomic E-state index is 12.6. The Hall–Kier alpha value is -2.62. The number of carbonyl (C=O) groups is 2. The van der Waals surface area contributed by atoms with E-state index >= 15 is 0 Å². The third kappa shape index (κ3) is 5.00. The largest absolute Gasteiger partial charge is 0.478 e. The van der Waals surface area contributed by atoms with E-state index in [1.807, 2.05) is 17.0 Å². The third-order valence-corrected chi connectivity index (χ3v) is 5.83. The Morgan fingerprint density at radius 2 is 1.75 bits per heavy atom. The van der Waals surface area contributed by atoms with Gasteiger partial charge in [-0.1, -0.05) is 42.0 Å². The molecule has 3 rings (SSSR count). The fraction of sp³-hybridized carbons (Fsp3) is 0.417. The highest BCUT2D eigenvalue weighted by atomic mass is 16.4. The Labute approximate surface area is 167 Å². The van der Waals surface area contributed by atoms with Crippen molar-refractivity contribution in [1.82, 2.24) is 4.90 Å². The van der Waals surface area contributed by atoms with Crippen molar-refractivity contribution in [3.63, 3.8) is 0 Å². The first-order valence-corrected chi connectivity index (χ1v) is 10.1. The molecule has 0 bridgehead atoms. The summed E-state index contributed by atoms with van der Waals surface area (Å²) in [6, 6.07) is 13.6. The number of hydrogen-bond acceptors (Lipinski definition) is 2. The van der Waals surface area contributed by atoms with E-state index in [-0.39, 0.29) is 5.91 Å². The predicted molar refractivity (Wildman–Crippen MR) is 111 cm³/mol. The first-order valence-electron chi connectivity index (χ1n) is 10.1. The van der Waals surface area contributed by atoms with Crippen molar-refractivity contribution in [2.75, 3.05) is 13.1 Å². The fourth-order valence-electron chi connectivity index (χ4n) is 4.13. The highest BCUT2D eigenvalue weighted by Gasteiger charge is 2.24. The molecule has 1 amide bonds. The Bertz CT molecular complexity index is 851. The lowest BCUT2D eigenvalue weighted by molar-refractivity contribution is -0.132. The molecule has 148 valence electrons. The van der Waals surface area contributed by atoms with Crippen molar-refractivity contribution in [2.45, 2.75) is 46.0 Å². The zero-order valence-electron chi connectivity index (χ0n) is 16.8. The lowest BCUT2D eigenvalue weighted by Gasteiger charge is -2.32. The lowest BCUT2D eigenvalue weighted by Crippen LogP contribution is -2.39. The molecule has 2 aromatic carbocycles. The molecule has 28 heavy (non-hydrogen) atoms. The molecule has 1 saturated heterocycles. The minimum atomic E-state index is -0.866. The number of likely N-dealkylation sites (tertiary alicyclic amines) is 1. The van der Waals surface area contributed by atoms with Gasteiger partial charge in [-0.15, -0.1) is 0 Å². The maximum Gasteiger partial charge on any atom is 0.335 e. The number of benzene rings is 2. The molecule has 0 radical (unpaired) electrons. The summed E-state index contributed by atoms with van der Waals surface area (Å²) >= 11 is 0. The summed E-state index contributed by atoms with van der Waals surface area (Å²) in [6.07, 6.45) is 3.98. The van der Waals surface area contributed by atoms with Gasteiger partial charge in [-0.05, 0) is 68.2 Å². The van der Waals surface area contributed by atoms with Crippen molar-refractivity contribution in [3.05, 3.63) is 70.3 Å². The van der Waals surface area contributed by atoms with Crippen LogP contribution in [0.1, 0.15) is 51.9 Å². The van der Waals surface area contributed by atoms with Gasteiger partial charge in [-0.2, -0.15) is 0 Å². The van der Waals surface area contributed by atoms with Crippen LogP contribution in [0.3, 0.4) is 0 Å². The van der Waals surface area contributed by atoms with Crippen LogP contribution < -0.4 is 0 Å². The minimum absolute atomic E-state index is 0.226. The minimum Gasteiger partial charge on any atom is -0.478 e.